The Morgan fingerprint density at radius 2 is 1.71 bits per heavy atom. The van der Waals surface area contributed by atoms with Gasteiger partial charge in [-0.3, -0.25) is 4.90 Å². The van der Waals surface area contributed by atoms with Crippen LogP contribution in [0.25, 0.3) is 0 Å². The van der Waals surface area contributed by atoms with Gasteiger partial charge in [-0.2, -0.15) is 0 Å². The van der Waals surface area contributed by atoms with Gasteiger partial charge in [-0.05, 0) is 26.3 Å². The Morgan fingerprint density at radius 1 is 1.12 bits per heavy atom. The molecule has 0 aliphatic carbocycles. The largest absolute Gasteiger partial charge is 0.392 e. The SMILES string of the molecule is Cc1cccc(CN(CC(C)O)CC(C)O)c1. The Labute approximate surface area is 104 Å². The molecule has 0 bridgehead atoms. The second-order valence-electron chi connectivity index (χ2n) is 4.88. The molecule has 0 amide bonds. The summed E-state index contributed by atoms with van der Waals surface area (Å²) in [6.07, 6.45) is -0.753. The van der Waals surface area contributed by atoms with Crippen molar-refractivity contribution >= 4 is 0 Å². The van der Waals surface area contributed by atoms with Crippen LogP contribution in [-0.2, 0) is 6.54 Å². The highest BCUT2D eigenvalue weighted by Gasteiger charge is 2.11. The molecule has 3 heteroatoms. The minimum Gasteiger partial charge on any atom is -0.392 e. The number of aliphatic hydroxyl groups excluding tert-OH is 2. The molecular weight excluding hydrogens is 214 g/mol. The van der Waals surface area contributed by atoms with Gasteiger partial charge in [0.2, 0.25) is 0 Å². The Bertz CT molecular complexity index is 327. The summed E-state index contributed by atoms with van der Waals surface area (Å²) in [4.78, 5) is 2.07. The summed E-state index contributed by atoms with van der Waals surface area (Å²) in [6, 6.07) is 8.31. The highest BCUT2D eigenvalue weighted by molar-refractivity contribution is 5.22. The summed E-state index contributed by atoms with van der Waals surface area (Å²) >= 11 is 0. The van der Waals surface area contributed by atoms with E-state index in [9.17, 15) is 10.2 Å². The molecule has 1 rings (SSSR count). The van der Waals surface area contributed by atoms with Crippen LogP contribution in [0, 0.1) is 6.92 Å². The maximum atomic E-state index is 9.44. The van der Waals surface area contributed by atoms with E-state index in [0.717, 1.165) is 6.54 Å². The van der Waals surface area contributed by atoms with Gasteiger partial charge in [-0.25, -0.2) is 0 Å². The molecule has 0 spiro atoms. The van der Waals surface area contributed by atoms with Crippen molar-refractivity contribution in [3.63, 3.8) is 0 Å². The van der Waals surface area contributed by atoms with Gasteiger partial charge >= 0.3 is 0 Å². The average Bonchev–Trinajstić information content (AvgIpc) is 2.14. The summed E-state index contributed by atoms with van der Waals surface area (Å²) in [5, 5.41) is 18.9. The second kappa shape index (κ2) is 6.74. The Balaban J connectivity index is 2.64. The molecule has 1 aromatic rings. The number of aliphatic hydroxyl groups is 2. The van der Waals surface area contributed by atoms with Gasteiger partial charge < -0.3 is 10.2 Å². The van der Waals surface area contributed by atoms with E-state index < -0.39 is 0 Å². The Kier molecular flexibility index (Phi) is 5.62. The number of nitrogens with zero attached hydrogens (tertiary/aromatic N) is 1. The fourth-order valence-corrected chi connectivity index (χ4v) is 2.02. The highest BCUT2D eigenvalue weighted by atomic mass is 16.3. The van der Waals surface area contributed by atoms with E-state index >= 15 is 0 Å². The number of hydrogen-bond acceptors (Lipinski definition) is 3. The minimum absolute atomic E-state index is 0.376. The number of aryl methyl sites for hydroxylation is 1. The van der Waals surface area contributed by atoms with Crippen LogP contribution in [0.15, 0.2) is 24.3 Å². The number of benzene rings is 1. The smallest absolute Gasteiger partial charge is 0.0639 e. The van der Waals surface area contributed by atoms with E-state index in [1.165, 1.54) is 11.1 Å². The minimum atomic E-state index is -0.376. The third-order valence-electron chi connectivity index (χ3n) is 2.53. The van der Waals surface area contributed by atoms with Gasteiger partial charge in [-0.15, -0.1) is 0 Å². The quantitative estimate of drug-likeness (QED) is 0.789. The fraction of sp³-hybridized carbons (Fsp3) is 0.571. The van der Waals surface area contributed by atoms with E-state index in [4.69, 9.17) is 0 Å². The first-order valence-electron chi connectivity index (χ1n) is 6.11. The lowest BCUT2D eigenvalue weighted by Crippen LogP contribution is -2.35. The van der Waals surface area contributed by atoms with Gasteiger partial charge in [0, 0.05) is 19.6 Å². The predicted octanol–water partition coefficient (Wildman–Crippen LogP) is 1.56. The van der Waals surface area contributed by atoms with E-state index in [1.807, 2.05) is 6.07 Å². The molecule has 0 aliphatic rings. The third kappa shape index (κ3) is 5.82. The average molecular weight is 237 g/mol. The molecule has 0 aromatic heterocycles. The molecule has 1 aromatic carbocycles. The van der Waals surface area contributed by atoms with Crippen LogP contribution in [0.4, 0.5) is 0 Å². The molecule has 96 valence electrons. The summed E-state index contributed by atoms with van der Waals surface area (Å²) in [6.45, 7) is 7.53. The van der Waals surface area contributed by atoms with E-state index in [0.29, 0.717) is 13.1 Å². The molecule has 0 aliphatic heterocycles. The molecule has 0 saturated carbocycles. The number of rotatable bonds is 6. The van der Waals surface area contributed by atoms with Crippen LogP contribution >= 0.6 is 0 Å². The summed E-state index contributed by atoms with van der Waals surface area (Å²) in [5.74, 6) is 0. The van der Waals surface area contributed by atoms with Crippen LogP contribution in [-0.4, -0.2) is 40.4 Å². The molecule has 0 heterocycles. The molecule has 0 saturated heterocycles. The van der Waals surface area contributed by atoms with E-state index in [-0.39, 0.29) is 12.2 Å². The van der Waals surface area contributed by atoms with Crippen LogP contribution in [0.1, 0.15) is 25.0 Å². The van der Waals surface area contributed by atoms with Crippen molar-refractivity contribution in [1.29, 1.82) is 0 Å². The highest BCUT2D eigenvalue weighted by Crippen LogP contribution is 2.08. The topological polar surface area (TPSA) is 43.7 Å². The molecule has 0 radical (unpaired) electrons. The first-order chi connectivity index (χ1) is 7.97. The number of hydrogen-bond donors (Lipinski definition) is 2. The molecule has 2 unspecified atom stereocenters. The van der Waals surface area contributed by atoms with E-state index in [2.05, 4.69) is 30.0 Å². The zero-order valence-corrected chi connectivity index (χ0v) is 10.9. The molecule has 3 nitrogen and oxygen atoms in total. The standard InChI is InChI=1S/C14H23NO2/c1-11-5-4-6-14(7-11)10-15(8-12(2)16)9-13(3)17/h4-7,12-13,16-17H,8-10H2,1-3H3. The van der Waals surface area contributed by atoms with Crippen LogP contribution < -0.4 is 0 Å². The van der Waals surface area contributed by atoms with Gasteiger partial charge in [0.1, 0.15) is 0 Å². The second-order valence-corrected chi connectivity index (χ2v) is 4.88. The van der Waals surface area contributed by atoms with Crippen molar-refractivity contribution in [3.8, 4) is 0 Å². The zero-order chi connectivity index (χ0) is 12.8. The normalized spacial score (nSPS) is 14.9. The molecule has 17 heavy (non-hydrogen) atoms. The summed E-state index contributed by atoms with van der Waals surface area (Å²) in [5.41, 5.74) is 2.45. The Hall–Kier alpha value is -0.900. The summed E-state index contributed by atoms with van der Waals surface area (Å²) < 4.78 is 0. The first-order valence-corrected chi connectivity index (χ1v) is 6.11. The van der Waals surface area contributed by atoms with Crippen molar-refractivity contribution in [2.75, 3.05) is 13.1 Å². The lowest BCUT2D eigenvalue weighted by molar-refractivity contribution is 0.0794. The van der Waals surface area contributed by atoms with Gasteiger partial charge in [0.05, 0.1) is 12.2 Å². The Morgan fingerprint density at radius 3 is 2.18 bits per heavy atom. The van der Waals surface area contributed by atoms with E-state index in [1.54, 1.807) is 13.8 Å². The van der Waals surface area contributed by atoms with Crippen molar-refractivity contribution in [1.82, 2.24) is 4.90 Å². The molecule has 2 atom stereocenters. The van der Waals surface area contributed by atoms with Crippen molar-refractivity contribution < 1.29 is 10.2 Å². The van der Waals surface area contributed by atoms with Gasteiger partial charge in [0.15, 0.2) is 0 Å². The maximum absolute atomic E-state index is 9.44. The first kappa shape index (κ1) is 14.2. The molecule has 2 N–H and O–H groups in total. The maximum Gasteiger partial charge on any atom is 0.0639 e. The molecular formula is C14H23NO2. The lowest BCUT2D eigenvalue weighted by Gasteiger charge is -2.25. The van der Waals surface area contributed by atoms with Crippen LogP contribution in [0.2, 0.25) is 0 Å². The van der Waals surface area contributed by atoms with Gasteiger partial charge in [0.25, 0.3) is 0 Å². The van der Waals surface area contributed by atoms with Gasteiger partial charge in [-0.1, -0.05) is 29.8 Å². The summed E-state index contributed by atoms with van der Waals surface area (Å²) in [7, 11) is 0. The third-order valence-corrected chi connectivity index (χ3v) is 2.53. The van der Waals surface area contributed by atoms with Crippen molar-refractivity contribution in [2.24, 2.45) is 0 Å². The van der Waals surface area contributed by atoms with Crippen LogP contribution in [0.3, 0.4) is 0 Å². The van der Waals surface area contributed by atoms with Crippen molar-refractivity contribution in [3.05, 3.63) is 35.4 Å². The molecule has 0 fully saturated rings. The predicted molar refractivity (Wildman–Crippen MR) is 69.8 cm³/mol. The monoisotopic (exact) mass is 237 g/mol. The fourth-order valence-electron chi connectivity index (χ4n) is 2.02. The lowest BCUT2D eigenvalue weighted by atomic mass is 10.1. The van der Waals surface area contributed by atoms with Crippen molar-refractivity contribution in [2.45, 2.75) is 39.5 Å². The van der Waals surface area contributed by atoms with Crippen LogP contribution in [0.5, 0.6) is 0 Å². The zero-order valence-electron chi connectivity index (χ0n) is 10.9.